The second-order valence-electron chi connectivity index (χ2n) is 5.58. The van der Waals surface area contributed by atoms with Crippen LogP contribution in [-0.4, -0.2) is 10.6 Å². The number of ether oxygens (including phenoxy) is 1. The summed E-state index contributed by atoms with van der Waals surface area (Å²) in [7, 11) is 0. The Kier molecular flexibility index (Phi) is 5.58. The fourth-order valence-corrected chi connectivity index (χ4v) is 3.36. The van der Waals surface area contributed by atoms with Gasteiger partial charge >= 0.3 is 5.72 Å². The number of allylic oxidation sites excluding steroid dienone is 1. The molecule has 4 nitrogen and oxygen atoms in total. The molecule has 1 atom stereocenters. The molecule has 0 N–H and O–H groups in total. The van der Waals surface area contributed by atoms with Gasteiger partial charge in [-0.05, 0) is 35.9 Å². The molecule has 0 aromatic heterocycles. The van der Waals surface area contributed by atoms with E-state index in [1.54, 1.807) is 6.08 Å². The molecule has 0 spiro atoms. The van der Waals surface area contributed by atoms with Crippen molar-refractivity contribution in [1.29, 1.82) is 0 Å². The summed E-state index contributed by atoms with van der Waals surface area (Å²) in [6.45, 7) is 0.194. The standard InChI is InChI=1S/C19H16ClNO3S/c20-16-6-8-17(9-7-16)25-18-10-12-19(13-11-18,21(22)23)24-14-15-4-2-1-3-5-15/h1-12H,13-14H2. The molecule has 6 heteroatoms. The Morgan fingerprint density at radius 2 is 1.88 bits per heavy atom. The number of halogens is 1. The summed E-state index contributed by atoms with van der Waals surface area (Å²) in [6, 6.07) is 16.9. The van der Waals surface area contributed by atoms with Gasteiger partial charge in [-0.25, -0.2) is 0 Å². The van der Waals surface area contributed by atoms with E-state index in [9.17, 15) is 10.1 Å². The lowest BCUT2D eigenvalue weighted by molar-refractivity contribution is -0.614. The van der Waals surface area contributed by atoms with E-state index in [-0.39, 0.29) is 18.0 Å². The molecule has 0 bridgehead atoms. The van der Waals surface area contributed by atoms with E-state index in [4.69, 9.17) is 16.3 Å². The summed E-state index contributed by atoms with van der Waals surface area (Å²) in [5.41, 5.74) is -0.609. The average Bonchev–Trinajstić information content (AvgIpc) is 2.64. The monoisotopic (exact) mass is 373 g/mol. The first kappa shape index (κ1) is 17.7. The molecule has 1 aliphatic carbocycles. The average molecular weight is 374 g/mol. The number of nitrogens with zero attached hydrogens (tertiary/aromatic N) is 1. The van der Waals surface area contributed by atoms with Gasteiger partial charge in [0.25, 0.3) is 0 Å². The third kappa shape index (κ3) is 4.51. The Hall–Kier alpha value is -2.08. The zero-order valence-electron chi connectivity index (χ0n) is 13.3. The highest BCUT2D eigenvalue weighted by Gasteiger charge is 2.42. The van der Waals surface area contributed by atoms with Crippen molar-refractivity contribution >= 4 is 23.4 Å². The summed E-state index contributed by atoms with van der Waals surface area (Å²) in [4.78, 5) is 13.2. The van der Waals surface area contributed by atoms with Crippen LogP contribution in [0.2, 0.25) is 5.02 Å². The first-order chi connectivity index (χ1) is 12.1. The highest BCUT2D eigenvalue weighted by Crippen LogP contribution is 2.35. The topological polar surface area (TPSA) is 52.4 Å². The molecule has 1 unspecified atom stereocenters. The number of benzene rings is 2. The summed E-state index contributed by atoms with van der Waals surface area (Å²) in [5, 5.41) is 12.3. The molecule has 0 fully saturated rings. The maximum atomic E-state index is 11.6. The summed E-state index contributed by atoms with van der Waals surface area (Å²) in [6.07, 6.45) is 5.32. The Bertz CT molecular complexity index is 805. The van der Waals surface area contributed by atoms with Crippen molar-refractivity contribution in [1.82, 2.24) is 0 Å². The van der Waals surface area contributed by atoms with E-state index in [0.29, 0.717) is 5.02 Å². The van der Waals surface area contributed by atoms with Gasteiger partial charge in [0.15, 0.2) is 0 Å². The Balaban J connectivity index is 1.67. The quantitative estimate of drug-likeness (QED) is 0.383. The van der Waals surface area contributed by atoms with Crippen molar-refractivity contribution < 1.29 is 9.66 Å². The molecular weight excluding hydrogens is 358 g/mol. The molecule has 3 rings (SSSR count). The minimum absolute atomic E-state index is 0.194. The van der Waals surface area contributed by atoms with Crippen LogP contribution in [0.1, 0.15) is 12.0 Å². The highest BCUT2D eigenvalue weighted by atomic mass is 35.5. The molecule has 0 radical (unpaired) electrons. The van der Waals surface area contributed by atoms with Crippen LogP contribution < -0.4 is 0 Å². The summed E-state index contributed by atoms with van der Waals surface area (Å²) >= 11 is 7.42. The minimum Gasteiger partial charge on any atom is -0.306 e. The molecule has 25 heavy (non-hydrogen) atoms. The molecule has 0 heterocycles. The van der Waals surface area contributed by atoms with Gasteiger partial charge in [0.1, 0.15) is 0 Å². The summed E-state index contributed by atoms with van der Waals surface area (Å²) < 4.78 is 5.68. The first-order valence-corrected chi connectivity index (χ1v) is 8.92. The minimum atomic E-state index is -1.51. The largest absolute Gasteiger partial charge is 0.348 e. The van der Waals surface area contributed by atoms with E-state index < -0.39 is 5.72 Å². The van der Waals surface area contributed by atoms with Gasteiger partial charge in [-0.2, -0.15) is 0 Å². The lowest BCUT2D eigenvalue weighted by Gasteiger charge is -2.24. The zero-order chi connectivity index (χ0) is 17.7. The summed E-state index contributed by atoms with van der Waals surface area (Å²) in [5.74, 6) is 0. The first-order valence-electron chi connectivity index (χ1n) is 7.73. The van der Waals surface area contributed by atoms with Gasteiger partial charge in [-0.1, -0.05) is 59.8 Å². The second kappa shape index (κ2) is 7.87. The van der Waals surface area contributed by atoms with Crippen molar-refractivity contribution in [2.45, 2.75) is 23.6 Å². The van der Waals surface area contributed by atoms with E-state index in [1.165, 1.54) is 17.8 Å². The lowest BCUT2D eigenvalue weighted by atomic mass is 10.1. The van der Waals surface area contributed by atoms with Crippen LogP contribution in [0.5, 0.6) is 0 Å². The van der Waals surface area contributed by atoms with Gasteiger partial charge in [0, 0.05) is 20.9 Å². The van der Waals surface area contributed by atoms with Crippen LogP contribution in [0.15, 0.2) is 82.6 Å². The molecule has 2 aromatic carbocycles. The third-order valence-electron chi connectivity index (χ3n) is 3.79. The van der Waals surface area contributed by atoms with Crippen LogP contribution >= 0.6 is 23.4 Å². The highest BCUT2D eigenvalue weighted by molar-refractivity contribution is 8.03. The van der Waals surface area contributed by atoms with E-state index in [2.05, 4.69) is 0 Å². The molecule has 0 saturated carbocycles. The van der Waals surface area contributed by atoms with Crippen LogP contribution in [-0.2, 0) is 11.3 Å². The van der Waals surface area contributed by atoms with Crippen molar-refractivity contribution in [2.75, 3.05) is 0 Å². The van der Waals surface area contributed by atoms with E-state index in [0.717, 1.165) is 15.4 Å². The number of hydrogen-bond donors (Lipinski definition) is 0. The maximum absolute atomic E-state index is 11.6. The molecular formula is C19H16ClNO3S. The van der Waals surface area contributed by atoms with Crippen molar-refractivity contribution in [3.8, 4) is 0 Å². The second-order valence-corrected chi connectivity index (χ2v) is 7.16. The third-order valence-corrected chi connectivity index (χ3v) is 5.09. The Labute approximate surface area is 155 Å². The predicted octanol–water partition coefficient (Wildman–Crippen LogP) is 5.47. The van der Waals surface area contributed by atoms with Crippen molar-refractivity contribution in [3.05, 3.63) is 98.4 Å². The van der Waals surface area contributed by atoms with E-state index in [1.807, 2.05) is 60.7 Å². The van der Waals surface area contributed by atoms with Gasteiger partial charge < -0.3 is 4.74 Å². The number of hydrogen-bond acceptors (Lipinski definition) is 4. The Morgan fingerprint density at radius 3 is 2.48 bits per heavy atom. The smallest absolute Gasteiger partial charge is 0.306 e. The fraction of sp³-hybridized carbons (Fsp3) is 0.158. The number of thioether (sulfide) groups is 1. The molecule has 0 aliphatic heterocycles. The van der Waals surface area contributed by atoms with Gasteiger partial charge in [0.05, 0.1) is 18.0 Å². The molecule has 0 saturated heterocycles. The molecule has 2 aromatic rings. The normalized spacial score (nSPS) is 19.5. The van der Waals surface area contributed by atoms with Crippen molar-refractivity contribution in [2.24, 2.45) is 0 Å². The van der Waals surface area contributed by atoms with Crippen LogP contribution in [0.25, 0.3) is 0 Å². The fourth-order valence-electron chi connectivity index (χ4n) is 2.39. The van der Waals surface area contributed by atoms with Gasteiger partial charge in [-0.15, -0.1) is 0 Å². The number of rotatable bonds is 6. The Morgan fingerprint density at radius 1 is 1.16 bits per heavy atom. The van der Waals surface area contributed by atoms with Gasteiger partial charge in [0.2, 0.25) is 0 Å². The molecule has 1 aliphatic rings. The van der Waals surface area contributed by atoms with E-state index >= 15 is 0 Å². The SMILES string of the molecule is O=[N+]([O-])C1(OCc2ccccc2)C=CC(Sc2ccc(Cl)cc2)=CC1. The van der Waals surface area contributed by atoms with Gasteiger partial charge in [-0.3, -0.25) is 10.1 Å². The van der Waals surface area contributed by atoms with Crippen LogP contribution in [0.4, 0.5) is 0 Å². The number of nitro groups is 1. The molecule has 0 amide bonds. The van der Waals surface area contributed by atoms with Crippen LogP contribution in [0.3, 0.4) is 0 Å². The molecule has 128 valence electrons. The van der Waals surface area contributed by atoms with Crippen molar-refractivity contribution in [3.63, 3.8) is 0 Å². The lowest BCUT2D eigenvalue weighted by Crippen LogP contribution is -2.39. The zero-order valence-corrected chi connectivity index (χ0v) is 14.9. The van der Waals surface area contributed by atoms with Crippen LogP contribution in [0, 0.1) is 10.1 Å². The maximum Gasteiger partial charge on any atom is 0.348 e. The predicted molar refractivity (Wildman–Crippen MR) is 100 cm³/mol.